The van der Waals surface area contributed by atoms with E-state index in [1.165, 1.54) is 33.5 Å². The molecule has 0 aliphatic carbocycles. The second-order valence-corrected chi connectivity index (χ2v) is 13.6. The van der Waals surface area contributed by atoms with Crippen LogP contribution in [0.4, 0.5) is 17.1 Å². The zero-order chi connectivity index (χ0) is 33.8. The zero-order valence-electron chi connectivity index (χ0n) is 28.7. The van der Waals surface area contributed by atoms with Gasteiger partial charge in [-0.1, -0.05) is 110 Å². The fraction of sp³-hybridized carbons (Fsp3) is 0.109. The summed E-state index contributed by atoms with van der Waals surface area (Å²) in [5.41, 5.74) is 12.2. The molecule has 250 valence electrons. The zero-order valence-corrected chi connectivity index (χ0v) is 31.0. The summed E-state index contributed by atoms with van der Waals surface area (Å²) < 4.78 is 2.27. The van der Waals surface area contributed by atoms with Crippen LogP contribution in [-0.4, -0.2) is 23.3 Å². The van der Waals surface area contributed by atoms with Crippen LogP contribution in [0.5, 0.6) is 0 Å². The first-order chi connectivity index (χ1) is 24.5. The number of para-hydroxylation sites is 3. The van der Waals surface area contributed by atoms with Gasteiger partial charge < -0.3 is 14.4 Å². The second-order valence-electron chi connectivity index (χ2n) is 13.6. The molecular formula is C46H36N4Pt. The van der Waals surface area contributed by atoms with Gasteiger partial charge in [-0.3, -0.25) is 0 Å². The van der Waals surface area contributed by atoms with Gasteiger partial charge in [-0.25, -0.2) is 4.98 Å². The Kier molecular flexibility index (Phi) is 8.36. The van der Waals surface area contributed by atoms with Gasteiger partial charge in [0.2, 0.25) is 0 Å². The van der Waals surface area contributed by atoms with E-state index in [2.05, 4.69) is 193 Å². The van der Waals surface area contributed by atoms with E-state index in [0.29, 0.717) is 0 Å². The summed E-state index contributed by atoms with van der Waals surface area (Å²) in [6.45, 7) is 5.34. The van der Waals surface area contributed by atoms with Crippen molar-refractivity contribution in [1.82, 2.24) is 9.55 Å². The normalized spacial score (nSPS) is 12.7. The molecule has 0 radical (unpaired) electrons. The standard InChI is InChI=1S/C46H36N4.Pt/c1-46(2,34-16-13-17-36(29-34)49-31-48(3)42-22-11-12-23-43(42)49)35-24-25-40-39-20-9-10-21-41(39)50(44(40)30-35)45-28-33(26-27-47-45)38-19-8-7-18-37(38)32-14-5-4-6-15-32;/h4-28H,31H2,1-3H3;/q-2;+2. The second kappa shape index (κ2) is 13.0. The third-order valence-electron chi connectivity index (χ3n) is 10.2. The van der Waals surface area contributed by atoms with E-state index in [0.717, 1.165) is 51.3 Å². The minimum Gasteiger partial charge on any atom is -0.355 e. The molecule has 0 unspecified atom stereocenters. The fourth-order valence-electron chi connectivity index (χ4n) is 7.52. The Labute approximate surface area is 313 Å². The molecule has 1 aliphatic rings. The van der Waals surface area contributed by atoms with Crippen molar-refractivity contribution in [1.29, 1.82) is 0 Å². The summed E-state index contributed by atoms with van der Waals surface area (Å²) >= 11 is 0. The van der Waals surface area contributed by atoms with Crippen LogP contribution in [0.25, 0.3) is 49.9 Å². The van der Waals surface area contributed by atoms with Crippen molar-refractivity contribution < 1.29 is 21.1 Å². The van der Waals surface area contributed by atoms with Crippen LogP contribution >= 0.6 is 0 Å². The molecule has 0 fully saturated rings. The largest absolute Gasteiger partial charge is 2.00 e. The molecular weight excluding hydrogens is 804 g/mol. The van der Waals surface area contributed by atoms with Crippen LogP contribution < -0.4 is 9.80 Å². The Hall–Kier alpha value is -5.44. The predicted octanol–water partition coefficient (Wildman–Crippen LogP) is 11.0. The summed E-state index contributed by atoms with van der Waals surface area (Å²) in [5, 5.41) is 2.34. The average Bonchev–Trinajstić information content (AvgIpc) is 3.69. The number of pyridine rings is 1. The van der Waals surface area contributed by atoms with Gasteiger partial charge in [0.05, 0.1) is 18.0 Å². The molecule has 2 aromatic heterocycles. The monoisotopic (exact) mass is 839 g/mol. The number of rotatable bonds is 6. The number of benzene rings is 6. The van der Waals surface area contributed by atoms with E-state index in [1.54, 1.807) is 0 Å². The van der Waals surface area contributed by atoms with Gasteiger partial charge in [-0.05, 0) is 63.4 Å². The van der Waals surface area contributed by atoms with Crippen LogP contribution in [0.15, 0.2) is 152 Å². The Balaban J connectivity index is 0.00000374. The molecule has 0 saturated heterocycles. The summed E-state index contributed by atoms with van der Waals surface area (Å²) in [7, 11) is 2.14. The minimum atomic E-state index is -0.361. The quantitative estimate of drug-likeness (QED) is 0.156. The first kappa shape index (κ1) is 32.7. The number of fused-ring (bicyclic) bond motifs is 4. The summed E-state index contributed by atoms with van der Waals surface area (Å²) in [6.07, 6.45) is 1.93. The van der Waals surface area contributed by atoms with Gasteiger partial charge in [0.1, 0.15) is 5.82 Å². The maximum absolute atomic E-state index is 4.97. The first-order valence-corrected chi connectivity index (χ1v) is 17.1. The molecule has 0 atom stereocenters. The van der Waals surface area contributed by atoms with Gasteiger partial charge in [-0.15, -0.1) is 11.5 Å². The number of hydrogen-bond donors (Lipinski definition) is 0. The predicted molar refractivity (Wildman–Crippen MR) is 208 cm³/mol. The van der Waals surface area contributed by atoms with E-state index >= 15 is 0 Å². The topological polar surface area (TPSA) is 24.3 Å². The van der Waals surface area contributed by atoms with Gasteiger partial charge >= 0.3 is 21.1 Å². The molecule has 9 rings (SSSR count). The third-order valence-corrected chi connectivity index (χ3v) is 10.2. The number of aromatic nitrogens is 2. The maximum Gasteiger partial charge on any atom is 2.00 e. The summed E-state index contributed by atoms with van der Waals surface area (Å²) in [5.74, 6) is 0.869. The van der Waals surface area contributed by atoms with Crippen molar-refractivity contribution in [3.8, 4) is 28.1 Å². The molecule has 8 aromatic rings. The average molecular weight is 840 g/mol. The molecule has 6 aromatic carbocycles. The Morgan fingerprint density at radius 1 is 0.608 bits per heavy atom. The van der Waals surface area contributed by atoms with E-state index in [4.69, 9.17) is 4.98 Å². The van der Waals surface area contributed by atoms with Crippen LogP contribution in [-0.2, 0) is 26.5 Å². The van der Waals surface area contributed by atoms with Crippen molar-refractivity contribution >= 4 is 38.9 Å². The van der Waals surface area contributed by atoms with Gasteiger partial charge in [0.15, 0.2) is 0 Å². The van der Waals surface area contributed by atoms with Gasteiger partial charge in [0.25, 0.3) is 0 Å². The smallest absolute Gasteiger partial charge is 0.355 e. The molecule has 51 heavy (non-hydrogen) atoms. The Morgan fingerprint density at radius 3 is 2.12 bits per heavy atom. The Morgan fingerprint density at radius 2 is 1.29 bits per heavy atom. The van der Waals surface area contributed by atoms with Gasteiger partial charge in [-0.2, -0.15) is 47.5 Å². The van der Waals surface area contributed by atoms with Crippen molar-refractivity contribution in [3.63, 3.8) is 0 Å². The molecule has 0 amide bonds. The van der Waals surface area contributed by atoms with E-state index < -0.39 is 0 Å². The summed E-state index contributed by atoms with van der Waals surface area (Å²) in [4.78, 5) is 9.59. The van der Waals surface area contributed by atoms with E-state index in [-0.39, 0.29) is 26.5 Å². The van der Waals surface area contributed by atoms with Crippen LogP contribution in [0.3, 0.4) is 0 Å². The number of hydrogen-bond acceptors (Lipinski definition) is 3. The molecule has 4 nitrogen and oxygen atoms in total. The van der Waals surface area contributed by atoms with Crippen LogP contribution in [0.2, 0.25) is 0 Å². The molecule has 0 N–H and O–H groups in total. The van der Waals surface area contributed by atoms with Crippen molar-refractivity contribution in [2.75, 3.05) is 23.5 Å². The first-order valence-electron chi connectivity index (χ1n) is 17.1. The van der Waals surface area contributed by atoms with Crippen molar-refractivity contribution in [3.05, 3.63) is 175 Å². The van der Waals surface area contributed by atoms with E-state index in [1.807, 2.05) is 6.20 Å². The molecule has 0 spiro atoms. The summed E-state index contributed by atoms with van der Waals surface area (Å²) in [6, 6.07) is 59.4. The SMILES string of the molecule is CN1CN(c2[c-]c(C(C)(C)c3[c-]c4c(cc3)c3ccccc3n4-c3cc(-c4ccccc4-c4ccccc4)ccn3)ccc2)c2ccccc21.[Pt+2]. The molecule has 0 saturated carbocycles. The van der Waals surface area contributed by atoms with Crippen molar-refractivity contribution in [2.45, 2.75) is 19.3 Å². The molecule has 1 aliphatic heterocycles. The molecule has 5 heteroatoms. The minimum absolute atomic E-state index is 0. The van der Waals surface area contributed by atoms with E-state index in [9.17, 15) is 0 Å². The third kappa shape index (κ3) is 5.55. The number of anilines is 3. The van der Waals surface area contributed by atoms with Crippen LogP contribution in [0, 0.1) is 12.1 Å². The maximum atomic E-state index is 4.97. The molecule has 0 bridgehead atoms. The van der Waals surface area contributed by atoms with Gasteiger partial charge in [0, 0.05) is 18.8 Å². The van der Waals surface area contributed by atoms with Crippen LogP contribution in [0.1, 0.15) is 25.0 Å². The molecule has 3 heterocycles. The van der Waals surface area contributed by atoms with Crippen molar-refractivity contribution in [2.24, 2.45) is 0 Å². The fourth-order valence-corrected chi connectivity index (χ4v) is 7.52. The Bertz CT molecular complexity index is 2530. The number of nitrogens with zero attached hydrogens (tertiary/aromatic N) is 4.